The maximum atomic E-state index is 12.4. The fraction of sp³-hybridized carbons (Fsp3) is 0.429. The van der Waals surface area contributed by atoms with Crippen molar-refractivity contribution in [2.45, 2.75) is 13.0 Å². The van der Waals surface area contributed by atoms with Crippen molar-refractivity contribution >= 4 is 11.7 Å². The predicted molar refractivity (Wildman–Crippen MR) is 77.4 cm³/mol. The number of aryl methyl sites for hydroxylation is 1. The average Bonchev–Trinajstić information content (AvgIpc) is 3.00. The van der Waals surface area contributed by atoms with E-state index in [1.807, 2.05) is 0 Å². The summed E-state index contributed by atoms with van der Waals surface area (Å²) in [6.07, 6.45) is 4.28. The van der Waals surface area contributed by atoms with Crippen molar-refractivity contribution in [2.24, 2.45) is 0 Å². The van der Waals surface area contributed by atoms with Crippen molar-refractivity contribution < 1.29 is 13.9 Å². The summed E-state index contributed by atoms with van der Waals surface area (Å²) in [6, 6.07) is 0. The lowest BCUT2D eigenvalue weighted by atomic mass is 10.2. The number of nitrogens with zero attached hydrogens (tertiary/aromatic N) is 4. The lowest BCUT2D eigenvalue weighted by Gasteiger charge is -2.32. The van der Waals surface area contributed by atoms with Crippen LogP contribution in [0.25, 0.3) is 0 Å². The molecule has 22 heavy (non-hydrogen) atoms. The van der Waals surface area contributed by atoms with E-state index in [-0.39, 0.29) is 12.0 Å². The first-order chi connectivity index (χ1) is 10.7. The van der Waals surface area contributed by atoms with Gasteiger partial charge in [0.25, 0.3) is 5.91 Å². The van der Waals surface area contributed by atoms with E-state index < -0.39 is 0 Å². The van der Waals surface area contributed by atoms with Crippen molar-refractivity contribution in [1.29, 1.82) is 0 Å². The Hall–Kier alpha value is -2.48. The molecule has 1 aliphatic rings. The van der Waals surface area contributed by atoms with Gasteiger partial charge in [-0.25, -0.2) is 9.97 Å². The van der Waals surface area contributed by atoms with E-state index in [1.165, 1.54) is 6.26 Å². The first kappa shape index (κ1) is 14.5. The van der Waals surface area contributed by atoms with Crippen molar-refractivity contribution in [3.8, 4) is 0 Å². The third-order valence-electron chi connectivity index (χ3n) is 3.46. The highest BCUT2D eigenvalue weighted by Crippen LogP contribution is 2.25. The third kappa shape index (κ3) is 2.77. The Morgan fingerprint density at radius 1 is 1.41 bits per heavy atom. The van der Waals surface area contributed by atoms with Gasteiger partial charge in [-0.1, -0.05) is 0 Å². The number of oxazole rings is 1. The zero-order chi connectivity index (χ0) is 15.5. The van der Waals surface area contributed by atoms with Gasteiger partial charge in [-0.05, 0) is 0 Å². The van der Waals surface area contributed by atoms with Gasteiger partial charge in [0.05, 0.1) is 13.2 Å². The van der Waals surface area contributed by atoms with Gasteiger partial charge in [-0.3, -0.25) is 9.78 Å². The van der Waals surface area contributed by atoms with E-state index in [1.54, 1.807) is 31.3 Å². The molecule has 1 aliphatic heterocycles. The summed E-state index contributed by atoms with van der Waals surface area (Å²) in [5.41, 5.74) is 1.00. The Morgan fingerprint density at radius 2 is 2.23 bits per heavy atom. The van der Waals surface area contributed by atoms with Gasteiger partial charge < -0.3 is 19.4 Å². The lowest BCUT2D eigenvalue weighted by Crippen LogP contribution is -2.42. The van der Waals surface area contributed by atoms with Crippen LogP contribution in [0.2, 0.25) is 0 Å². The molecule has 8 nitrogen and oxygen atoms in total. The number of morpholine rings is 1. The molecule has 0 radical (unpaired) electrons. The zero-order valence-electron chi connectivity index (χ0n) is 12.4. The minimum absolute atomic E-state index is 0.167. The fourth-order valence-electron chi connectivity index (χ4n) is 2.40. The molecule has 0 aromatic carbocycles. The van der Waals surface area contributed by atoms with Crippen molar-refractivity contribution in [3.63, 3.8) is 0 Å². The van der Waals surface area contributed by atoms with Gasteiger partial charge in [0, 0.05) is 32.9 Å². The minimum Gasteiger partial charge on any atom is -0.448 e. The van der Waals surface area contributed by atoms with Gasteiger partial charge in [0.2, 0.25) is 0 Å². The molecule has 1 amide bonds. The van der Waals surface area contributed by atoms with Gasteiger partial charge in [-0.2, -0.15) is 0 Å². The zero-order valence-corrected chi connectivity index (χ0v) is 12.4. The lowest BCUT2D eigenvalue weighted by molar-refractivity contribution is -0.0247. The molecule has 2 aromatic rings. The highest BCUT2D eigenvalue weighted by molar-refractivity contribution is 5.92. The molecule has 0 aliphatic carbocycles. The second-order valence-electron chi connectivity index (χ2n) is 4.90. The molecule has 0 saturated carbocycles. The number of ether oxygens (including phenoxy) is 1. The van der Waals surface area contributed by atoms with Gasteiger partial charge in [-0.15, -0.1) is 0 Å². The smallest absolute Gasteiger partial charge is 0.275 e. The molecule has 3 rings (SSSR count). The molecule has 2 aromatic heterocycles. The van der Waals surface area contributed by atoms with Crippen molar-refractivity contribution in [1.82, 2.24) is 19.9 Å². The third-order valence-corrected chi connectivity index (χ3v) is 3.46. The Balaban J connectivity index is 1.78. The largest absolute Gasteiger partial charge is 0.448 e. The summed E-state index contributed by atoms with van der Waals surface area (Å²) in [7, 11) is 1.78. The summed E-state index contributed by atoms with van der Waals surface area (Å²) in [5.74, 6) is 0.957. The summed E-state index contributed by atoms with van der Waals surface area (Å²) in [4.78, 5) is 26.8. The van der Waals surface area contributed by atoms with Crippen LogP contribution in [0, 0.1) is 6.92 Å². The molecule has 1 N–H and O–H groups in total. The van der Waals surface area contributed by atoms with E-state index in [9.17, 15) is 4.79 Å². The van der Waals surface area contributed by atoms with Crippen LogP contribution in [0.4, 0.5) is 5.82 Å². The quantitative estimate of drug-likeness (QED) is 0.905. The van der Waals surface area contributed by atoms with Gasteiger partial charge in [0.1, 0.15) is 23.9 Å². The fourth-order valence-corrected chi connectivity index (χ4v) is 2.40. The summed E-state index contributed by atoms with van der Waals surface area (Å²) < 4.78 is 10.8. The number of hydrogen-bond donors (Lipinski definition) is 1. The van der Waals surface area contributed by atoms with E-state index >= 15 is 0 Å². The molecule has 0 unspecified atom stereocenters. The molecule has 3 heterocycles. The Kier molecular flexibility index (Phi) is 4.01. The first-order valence-corrected chi connectivity index (χ1v) is 7.00. The standard InChI is InChI=1S/C14H17N5O3/c1-9-18-10(8-22-9)14(20)19-5-6-21-11(7-19)12-13(15-2)17-4-3-16-12/h3-4,8,11H,5-7H2,1-2H3,(H,15,17)/t11-/m0/s1. The maximum Gasteiger partial charge on any atom is 0.275 e. The van der Waals surface area contributed by atoms with E-state index in [2.05, 4.69) is 20.3 Å². The molecular weight excluding hydrogens is 286 g/mol. The number of rotatable bonds is 3. The second-order valence-corrected chi connectivity index (χ2v) is 4.90. The minimum atomic E-state index is -0.318. The summed E-state index contributed by atoms with van der Waals surface area (Å²) >= 11 is 0. The van der Waals surface area contributed by atoms with Crippen LogP contribution < -0.4 is 5.32 Å². The van der Waals surface area contributed by atoms with Crippen LogP contribution in [0.5, 0.6) is 0 Å². The monoisotopic (exact) mass is 303 g/mol. The Labute approximate surface area is 127 Å². The Bertz CT molecular complexity index is 672. The maximum absolute atomic E-state index is 12.4. The number of anilines is 1. The van der Waals surface area contributed by atoms with Crippen LogP contribution in [0.1, 0.15) is 28.2 Å². The number of nitrogens with one attached hydrogen (secondary N) is 1. The first-order valence-electron chi connectivity index (χ1n) is 7.00. The van der Waals surface area contributed by atoms with Crippen molar-refractivity contribution in [2.75, 3.05) is 32.1 Å². The number of amides is 1. The normalized spacial score (nSPS) is 18.3. The molecule has 0 spiro atoms. The average molecular weight is 303 g/mol. The predicted octanol–water partition coefficient (Wildman–Crippen LogP) is 1.03. The molecule has 116 valence electrons. The molecule has 1 fully saturated rings. The number of carbonyl (C=O) groups excluding carboxylic acids is 1. The molecule has 1 atom stereocenters. The topological polar surface area (TPSA) is 93.4 Å². The van der Waals surface area contributed by atoms with Crippen LogP contribution in [-0.4, -0.2) is 52.5 Å². The van der Waals surface area contributed by atoms with Crippen LogP contribution in [0.3, 0.4) is 0 Å². The number of hydrogen-bond acceptors (Lipinski definition) is 7. The molecular formula is C14H17N5O3. The van der Waals surface area contributed by atoms with Crippen LogP contribution in [0.15, 0.2) is 23.1 Å². The van der Waals surface area contributed by atoms with Crippen molar-refractivity contribution in [3.05, 3.63) is 35.9 Å². The molecule has 1 saturated heterocycles. The van der Waals surface area contributed by atoms with Gasteiger partial charge >= 0.3 is 0 Å². The summed E-state index contributed by atoms with van der Waals surface area (Å²) in [5, 5.41) is 2.99. The number of carbonyl (C=O) groups is 1. The van der Waals surface area contributed by atoms with Gasteiger partial charge in [0.15, 0.2) is 11.6 Å². The highest BCUT2D eigenvalue weighted by Gasteiger charge is 2.29. The van der Waals surface area contributed by atoms with E-state index in [4.69, 9.17) is 9.15 Å². The summed E-state index contributed by atoms with van der Waals surface area (Å²) in [6.45, 7) is 3.05. The number of aromatic nitrogens is 3. The van der Waals surface area contributed by atoms with E-state index in [0.29, 0.717) is 42.8 Å². The highest BCUT2D eigenvalue weighted by atomic mass is 16.5. The van der Waals surface area contributed by atoms with E-state index in [0.717, 1.165) is 0 Å². The molecule has 0 bridgehead atoms. The van der Waals surface area contributed by atoms with Crippen LogP contribution >= 0.6 is 0 Å². The van der Waals surface area contributed by atoms with Crippen LogP contribution in [-0.2, 0) is 4.74 Å². The molecule has 8 heteroatoms. The Morgan fingerprint density at radius 3 is 2.95 bits per heavy atom. The second kappa shape index (κ2) is 6.10. The SMILES string of the molecule is CNc1nccnc1[C@@H]1CN(C(=O)c2coc(C)n2)CCO1.